The highest BCUT2D eigenvalue weighted by Crippen LogP contribution is 2.38. The highest BCUT2D eigenvalue weighted by atomic mass is 16.5. The first-order valence-electron chi connectivity index (χ1n) is 13.4. The van der Waals surface area contributed by atoms with Crippen LogP contribution in [0.1, 0.15) is 36.6 Å². The van der Waals surface area contributed by atoms with E-state index >= 15 is 0 Å². The maximum Gasteiger partial charge on any atom is 0.343 e. The second kappa shape index (κ2) is 15.3. The maximum atomic E-state index is 12.8. The van der Waals surface area contributed by atoms with Crippen LogP contribution in [-0.2, 0) is 4.79 Å². The third-order valence-corrected chi connectivity index (χ3v) is 6.15. The number of rotatable bonds is 12. The van der Waals surface area contributed by atoms with E-state index < -0.39 is 30.3 Å². The fourth-order valence-electron chi connectivity index (χ4n) is 3.93. The lowest BCUT2D eigenvalue weighted by atomic mass is 10.1. The van der Waals surface area contributed by atoms with Gasteiger partial charge < -0.3 is 29.0 Å². The lowest BCUT2D eigenvalue weighted by Gasteiger charge is -2.14. The van der Waals surface area contributed by atoms with Crippen LogP contribution in [0.2, 0.25) is 0 Å². The first-order valence-corrected chi connectivity index (χ1v) is 13.4. The summed E-state index contributed by atoms with van der Waals surface area (Å²) in [5.74, 6) is -1.44. The van der Waals surface area contributed by atoms with Gasteiger partial charge in [-0.2, -0.15) is 5.10 Å². The summed E-state index contributed by atoms with van der Waals surface area (Å²) < 4.78 is 26.8. The van der Waals surface area contributed by atoms with Gasteiger partial charge in [0.15, 0.2) is 11.5 Å². The molecule has 230 valence electrons. The summed E-state index contributed by atoms with van der Waals surface area (Å²) in [6, 6.07) is 24.0. The van der Waals surface area contributed by atoms with Crippen LogP contribution in [0.3, 0.4) is 0 Å². The molecule has 0 spiro atoms. The predicted molar refractivity (Wildman–Crippen MR) is 163 cm³/mol. The van der Waals surface area contributed by atoms with Crippen LogP contribution in [0.4, 0.5) is 0 Å². The Balaban J connectivity index is 1.44. The summed E-state index contributed by atoms with van der Waals surface area (Å²) in [6.45, 7) is -0.406. The van der Waals surface area contributed by atoms with Crippen molar-refractivity contribution >= 4 is 30.0 Å². The molecule has 0 saturated carbocycles. The Morgan fingerprint density at radius 1 is 0.667 bits per heavy atom. The van der Waals surface area contributed by atoms with Crippen LogP contribution in [-0.4, -0.2) is 57.8 Å². The van der Waals surface area contributed by atoms with Crippen molar-refractivity contribution in [3.05, 3.63) is 113 Å². The minimum atomic E-state index is -0.657. The topological polar surface area (TPSA) is 151 Å². The van der Waals surface area contributed by atoms with Crippen LogP contribution in [0.15, 0.2) is 96.1 Å². The summed E-state index contributed by atoms with van der Waals surface area (Å²) in [7, 11) is 4.28. The second-order valence-electron chi connectivity index (χ2n) is 9.10. The number of hydrogen-bond acceptors (Lipinski definition) is 10. The summed E-state index contributed by atoms with van der Waals surface area (Å²) in [6.07, 6.45) is 1.25. The minimum Gasteiger partial charge on any atom is -0.493 e. The van der Waals surface area contributed by atoms with Gasteiger partial charge in [0.2, 0.25) is 5.75 Å². The normalized spacial score (nSPS) is 10.5. The molecule has 45 heavy (non-hydrogen) atoms. The number of carbonyl (C=O) groups is 4. The molecule has 4 aromatic carbocycles. The number of esters is 2. The fourth-order valence-corrected chi connectivity index (χ4v) is 3.93. The van der Waals surface area contributed by atoms with E-state index in [9.17, 15) is 19.2 Å². The van der Waals surface area contributed by atoms with Gasteiger partial charge in [0.25, 0.3) is 11.8 Å². The zero-order valence-corrected chi connectivity index (χ0v) is 24.6. The highest BCUT2D eigenvalue weighted by molar-refractivity contribution is 5.98. The van der Waals surface area contributed by atoms with Crippen molar-refractivity contribution in [3.63, 3.8) is 0 Å². The van der Waals surface area contributed by atoms with Gasteiger partial charge in [-0.05, 0) is 48.5 Å². The number of nitrogens with one attached hydrogen (secondary N) is 2. The van der Waals surface area contributed by atoms with Crippen molar-refractivity contribution in [1.82, 2.24) is 10.7 Å². The molecule has 4 rings (SSSR count). The highest BCUT2D eigenvalue weighted by Gasteiger charge is 2.18. The monoisotopic (exact) mass is 611 g/mol. The van der Waals surface area contributed by atoms with E-state index in [1.807, 2.05) is 0 Å². The van der Waals surface area contributed by atoms with E-state index in [0.29, 0.717) is 22.4 Å². The van der Waals surface area contributed by atoms with Gasteiger partial charge in [-0.1, -0.05) is 36.4 Å². The number of methoxy groups -OCH3 is 3. The van der Waals surface area contributed by atoms with E-state index in [-0.39, 0.29) is 28.6 Å². The largest absolute Gasteiger partial charge is 0.493 e. The van der Waals surface area contributed by atoms with Crippen LogP contribution >= 0.6 is 0 Å². The lowest BCUT2D eigenvalue weighted by molar-refractivity contribution is -0.120. The predicted octanol–water partition coefficient (Wildman–Crippen LogP) is 4.03. The summed E-state index contributed by atoms with van der Waals surface area (Å²) >= 11 is 0. The Hall–Kier alpha value is -6.17. The molecule has 12 heteroatoms. The summed E-state index contributed by atoms with van der Waals surface area (Å²) in [5, 5.41) is 6.40. The smallest absolute Gasteiger partial charge is 0.343 e. The van der Waals surface area contributed by atoms with Crippen LogP contribution in [0, 0.1) is 0 Å². The van der Waals surface area contributed by atoms with Gasteiger partial charge >= 0.3 is 11.9 Å². The van der Waals surface area contributed by atoms with Gasteiger partial charge in [0.05, 0.1) is 45.2 Å². The Bertz CT molecular complexity index is 1680. The fraction of sp³-hybridized carbons (Fsp3) is 0.121. The SMILES string of the molecule is COc1cc(C(=O)NCC(=O)N/N=C/c2ccc(OC(=O)c3ccccc3)cc2OC(=O)c2ccccc2)cc(OC)c1OC. The van der Waals surface area contributed by atoms with E-state index in [1.165, 1.54) is 57.9 Å². The van der Waals surface area contributed by atoms with E-state index in [4.69, 9.17) is 23.7 Å². The summed E-state index contributed by atoms with van der Waals surface area (Å²) in [5.41, 5.74) is 3.41. The number of benzene rings is 4. The average molecular weight is 612 g/mol. The van der Waals surface area contributed by atoms with Crippen LogP contribution in [0.25, 0.3) is 0 Å². The molecule has 0 aliphatic rings. The van der Waals surface area contributed by atoms with Gasteiger partial charge in [-0.3, -0.25) is 9.59 Å². The second-order valence-corrected chi connectivity index (χ2v) is 9.10. The van der Waals surface area contributed by atoms with E-state index in [0.717, 1.165) is 0 Å². The Morgan fingerprint density at radius 2 is 1.24 bits per heavy atom. The Morgan fingerprint density at radius 3 is 1.80 bits per heavy atom. The van der Waals surface area contributed by atoms with Crippen molar-refractivity contribution < 1.29 is 42.9 Å². The molecule has 0 saturated heterocycles. The van der Waals surface area contributed by atoms with Gasteiger partial charge in [0.1, 0.15) is 11.5 Å². The number of ether oxygens (including phenoxy) is 5. The molecule has 0 heterocycles. The van der Waals surface area contributed by atoms with E-state index in [2.05, 4.69) is 15.8 Å². The van der Waals surface area contributed by atoms with Crippen molar-refractivity contribution in [3.8, 4) is 28.7 Å². The third kappa shape index (κ3) is 8.45. The maximum absolute atomic E-state index is 12.8. The molecule has 2 amide bonds. The third-order valence-electron chi connectivity index (χ3n) is 6.15. The molecule has 0 atom stereocenters. The molecule has 2 N–H and O–H groups in total. The Labute approximate surface area is 258 Å². The molecular formula is C33H29N3O9. The first kappa shape index (κ1) is 31.8. The molecule has 12 nitrogen and oxygen atoms in total. The van der Waals surface area contributed by atoms with Crippen LogP contribution < -0.4 is 34.4 Å². The Kier molecular flexibility index (Phi) is 10.8. The molecule has 0 aromatic heterocycles. The molecule has 0 radical (unpaired) electrons. The van der Waals surface area contributed by atoms with Gasteiger partial charge in [-0.25, -0.2) is 15.0 Å². The number of amides is 2. The quantitative estimate of drug-likeness (QED) is 0.105. The molecule has 0 bridgehead atoms. The van der Waals surface area contributed by atoms with Crippen molar-refractivity contribution in [2.45, 2.75) is 0 Å². The van der Waals surface area contributed by atoms with Crippen molar-refractivity contribution in [1.29, 1.82) is 0 Å². The zero-order chi connectivity index (χ0) is 32.2. The van der Waals surface area contributed by atoms with Crippen LogP contribution in [0.5, 0.6) is 28.7 Å². The van der Waals surface area contributed by atoms with E-state index in [1.54, 1.807) is 60.7 Å². The molecule has 4 aromatic rings. The van der Waals surface area contributed by atoms with Crippen molar-refractivity contribution in [2.75, 3.05) is 27.9 Å². The minimum absolute atomic E-state index is 0.0240. The number of nitrogens with zero attached hydrogens (tertiary/aromatic N) is 1. The van der Waals surface area contributed by atoms with Crippen molar-refractivity contribution in [2.24, 2.45) is 5.10 Å². The number of hydrazone groups is 1. The van der Waals surface area contributed by atoms with Gasteiger partial charge in [-0.15, -0.1) is 0 Å². The standard InChI is InChI=1S/C33H29N3O9/c1-41-27-16-24(17-28(42-2)30(27)43-3)31(38)34-20-29(37)36-35-19-23-14-15-25(44-32(39)21-10-6-4-7-11-21)18-26(23)45-33(40)22-12-8-5-9-13-22/h4-19H,20H2,1-3H3,(H,34,38)(H,36,37)/b35-19+. The average Bonchev–Trinajstić information content (AvgIpc) is 3.08. The summed E-state index contributed by atoms with van der Waals surface area (Å²) in [4.78, 5) is 50.4. The molecule has 0 fully saturated rings. The lowest BCUT2D eigenvalue weighted by Crippen LogP contribution is -2.35. The molecule has 0 aliphatic heterocycles. The number of hydrogen-bond donors (Lipinski definition) is 2. The molecular weight excluding hydrogens is 582 g/mol. The zero-order valence-electron chi connectivity index (χ0n) is 24.6. The number of carbonyl (C=O) groups excluding carboxylic acids is 4. The molecule has 0 aliphatic carbocycles. The van der Waals surface area contributed by atoms with Gasteiger partial charge in [0, 0.05) is 17.2 Å². The molecule has 0 unspecified atom stereocenters. The first-order chi connectivity index (χ1) is 21.8.